The number of carbonyl (C=O) groups excluding carboxylic acids is 1. The first-order valence-corrected chi connectivity index (χ1v) is 7.44. The third-order valence-corrected chi connectivity index (χ3v) is 1.81. The molecule has 1 amide bonds. The van der Waals surface area contributed by atoms with Crippen LogP contribution in [-0.2, 0) is 4.79 Å². The van der Waals surface area contributed by atoms with Crippen LogP contribution in [0.4, 0.5) is 0 Å². The lowest BCUT2D eigenvalue weighted by molar-refractivity contribution is -0.118. The lowest BCUT2D eigenvalue weighted by Crippen LogP contribution is -2.11. The van der Waals surface area contributed by atoms with Crippen molar-refractivity contribution in [1.29, 1.82) is 0 Å². The van der Waals surface area contributed by atoms with Crippen LogP contribution in [-0.4, -0.2) is 17.9 Å². The number of aromatic amines is 1. The molecular weight excluding hydrogens is 248 g/mol. The summed E-state index contributed by atoms with van der Waals surface area (Å²) in [5, 5.41) is 3.66. The number of para-hydroxylation sites is 1. The first-order chi connectivity index (χ1) is 9.74. The fourth-order valence-corrected chi connectivity index (χ4v) is 0.995. The Morgan fingerprint density at radius 1 is 0.950 bits per heavy atom. The van der Waals surface area contributed by atoms with Gasteiger partial charge < -0.3 is 10.3 Å². The topological polar surface area (TPSA) is 44.9 Å². The van der Waals surface area contributed by atoms with Crippen LogP contribution in [0.5, 0.6) is 0 Å². The minimum absolute atomic E-state index is 0.00463. The maximum absolute atomic E-state index is 9.70. The van der Waals surface area contributed by atoms with Gasteiger partial charge in [0.1, 0.15) is 0 Å². The highest BCUT2D eigenvalue weighted by Gasteiger charge is 1.86. The molecule has 0 aliphatic carbocycles. The number of nitrogens with one attached hydrogen (secondary N) is 2. The van der Waals surface area contributed by atoms with E-state index in [9.17, 15) is 4.79 Å². The van der Waals surface area contributed by atoms with Crippen molar-refractivity contribution in [2.75, 3.05) is 7.05 Å². The Morgan fingerprint density at radius 2 is 1.40 bits per heavy atom. The van der Waals surface area contributed by atoms with Crippen LogP contribution in [0.15, 0.2) is 36.5 Å². The molecule has 1 heterocycles. The Balaban J connectivity index is -0.000000228. The van der Waals surface area contributed by atoms with Gasteiger partial charge in [0.15, 0.2) is 0 Å². The van der Waals surface area contributed by atoms with Crippen LogP contribution in [0.1, 0.15) is 48.5 Å². The molecule has 0 aliphatic rings. The minimum atomic E-state index is 0.00463. The summed E-state index contributed by atoms with van der Waals surface area (Å²) in [6.07, 6.45) is 1.95. The van der Waals surface area contributed by atoms with Crippen molar-refractivity contribution in [2.45, 2.75) is 48.5 Å². The van der Waals surface area contributed by atoms with E-state index in [2.05, 4.69) is 28.5 Å². The van der Waals surface area contributed by atoms with E-state index in [-0.39, 0.29) is 5.91 Å². The summed E-state index contributed by atoms with van der Waals surface area (Å²) in [6.45, 7) is 13.5. The van der Waals surface area contributed by atoms with Crippen LogP contribution in [0.2, 0.25) is 0 Å². The van der Waals surface area contributed by atoms with Crippen molar-refractivity contribution >= 4 is 16.8 Å². The summed E-state index contributed by atoms with van der Waals surface area (Å²) in [7, 11) is 1.60. The van der Waals surface area contributed by atoms with Crippen molar-refractivity contribution in [3.05, 3.63) is 36.5 Å². The average Bonchev–Trinajstić information content (AvgIpc) is 3.02. The van der Waals surface area contributed by atoms with Gasteiger partial charge in [-0.15, -0.1) is 0 Å². The predicted molar refractivity (Wildman–Crippen MR) is 92.1 cm³/mol. The molecule has 0 saturated heterocycles. The zero-order chi connectivity index (χ0) is 16.4. The van der Waals surface area contributed by atoms with E-state index in [1.807, 2.05) is 59.9 Å². The molecule has 0 saturated carbocycles. The fourth-order valence-electron chi connectivity index (χ4n) is 0.995. The Morgan fingerprint density at radius 3 is 1.80 bits per heavy atom. The molecule has 2 aromatic rings. The van der Waals surface area contributed by atoms with E-state index in [4.69, 9.17) is 0 Å². The Bertz CT molecular complexity index is 378. The summed E-state index contributed by atoms with van der Waals surface area (Å²) in [6, 6.07) is 10.3. The standard InChI is InChI=1S/C8H7N.C3H7NO.3C2H6/c1-2-4-8-7(3-1)5-6-9-8;1-3(5)4-2;3*1-2/h1-6,9H;1-2H3,(H,4,5);3*1-2H3. The number of aromatic nitrogens is 1. The molecule has 0 bridgehead atoms. The molecule has 3 heteroatoms. The van der Waals surface area contributed by atoms with Gasteiger partial charge in [0.25, 0.3) is 0 Å². The zero-order valence-electron chi connectivity index (χ0n) is 14.4. The molecule has 0 spiro atoms. The molecule has 0 aliphatic heterocycles. The average molecular weight is 280 g/mol. The van der Waals surface area contributed by atoms with Gasteiger partial charge in [-0.05, 0) is 17.5 Å². The number of fused-ring (bicyclic) bond motifs is 1. The Hall–Kier alpha value is -1.77. The van der Waals surface area contributed by atoms with Gasteiger partial charge in [0, 0.05) is 25.7 Å². The lowest BCUT2D eigenvalue weighted by Gasteiger charge is -1.83. The van der Waals surface area contributed by atoms with Crippen molar-refractivity contribution in [2.24, 2.45) is 0 Å². The minimum Gasteiger partial charge on any atom is -0.361 e. The third kappa shape index (κ3) is 12.7. The number of hydrogen-bond donors (Lipinski definition) is 2. The molecule has 20 heavy (non-hydrogen) atoms. The quantitative estimate of drug-likeness (QED) is 0.701. The van der Waals surface area contributed by atoms with E-state index >= 15 is 0 Å². The third-order valence-electron chi connectivity index (χ3n) is 1.81. The number of amides is 1. The van der Waals surface area contributed by atoms with Crippen LogP contribution in [0, 0.1) is 0 Å². The van der Waals surface area contributed by atoms with Gasteiger partial charge >= 0.3 is 0 Å². The van der Waals surface area contributed by atoms with Gasteiger partial charge in [0.05, 0.1) is 0 Å². The molecule has 116 valence electrons. The molecule has 1 aromatic carbocycles. The van der Waals surface area contributed by atoms with Gasteiger partial charge in [-0.3, -0.25) is 4.79 Å². The monoisotopic (exact) mass is 280 g/mol. The van der Waals surface area contributed by atoms with Gasteiger partial charge in [-0.25, -0.2) is 0 Å². The van der Waals surface area contributed by atoms with Crippen molar-refractivity contribution in [3.63, 3.8) is 0 Å². The second kappa shape index (κ2) is 19.6. The van der Waals surface area contributed by atoms with E-state index in [1.165, 1.54) is 17.8 Å². The summed E-state index contributed by atoms with van der Waals surface area (Å²) in [5.74, 6) is 0.00463. The second-order valence-corrected chi connectivity index (χ2v) is 2.87. The zero-order valence-corrected chi connectivity index (χ0v) is 14.4. The lowest BCUT2D eigenvalue weighted by atomic mass is 10.3. The predicted octanol–water partition coefficient (Wildman–Crippen LogP) is 5.00. The number of hydrogen-bond acceptors (Lipinski definition) is 1. The molecular formula is C17H32N2O. The number of carbonyl (C=O) groups is 1. The molecule has 0 fully saturated rings. The van der Waals surface area contributed by atoms with Gasteiger partial charge in [-0.2, -0.15) is 0 Å². The molecule has 0 radical (unpaired) electrons. The normalized spacial score (nSPS) is 7.20. The largest absolute Gasteiger partial charge is 0.361 e. The van der Waals surface area contributed by atoms with E-state index in [0.29, 0.717) is 0 Å². The maximum atomic E-state index is 9.70. The van der Waals surface area contributed by atoms with Crippen LogP contribution < -0.4 is 5.32 Å². The molecule has 1 aromatic heterocycles. The number of rotatable bonds is 0. The Kier molecular flexibility index (Phi) is 22.8. The summed E-state index contributed by atoms with van der Waals surface area (Å²) in [4.78, 5) is 12.8. The van der Waals surface area contributed by atoms with Crippen LogP contribution in [0.25, 0.3) is 10.9 Å². The molecule has 3 nitrogen and oxygen atoms in total. The second-order valence-electron chi connectivity index (χ2n) is 2.87. The van der Waals surface area contributed by atoms with E-state index < -0.39 is 0 Å². The number of benzene rings is 1. The maximum Gasteiger partial charge on any atom is 0.216 e. The van der Waals surface area contributed by atoms with Crippen molar-refractivity contribution in [3.8, 4) is 0 Å². The van der Waals surface area contributed by atoms with Gasteiger partial charge in [0.2, 0.25) is 5.91 Å². The first kappa shape index (κ1) is 23.3. The van der Waals surface area contributed by atoms with E-state index in [0.717, 1.165) is 0 Å². The summed E-state index contributed by atoms with van der Waals surface area (Å²) in [5.41, 5.74) is 1.21. The highest BCUT2D eigenvalue weighted by molar-refractivity contribution is 5.78. The van der Waals surface area contributed by atoms with Crippen LogP contribution in [0.3, 0.4) is 0 Å². The van der Waals surface area contributed by atoms with Gasteiger partial charge in [-0.1, -0.05) is 59.7 Å². The first-order valence-electron chi connectivity index (χ1n) is 7.44. The highest BCUT2D eigenvalue weighted by atomic mass is 16.1. The molecule has 0 unspecified atom stereocenters. The molecule has 2 N–H and O–H groups in total. The molecule has 2 rings (SSSR count). The number of H-pyrrole nitrogens is 1. The fraction of sp³-hybridized carbons (Fsp3) is 0.471. The highest BCUT2D eigenvalue weighted by Crippen LogP contribution is 2.09. The Labute approximate surface area is 124 Å². The summed E-state index contributed by atoms with van der Waals surface area (Å²) < 4.78 is 0. The summed E-state index contributed by atoms with van der Waals surface area (Å²) >= 11 is 0. The molecule has 0 atom stereocenters. The van der Waals surface area contributed by atoms with Crippen molar-refractivity contribution < 1.29 is 4.79 Å². The van der Waals surface area contributed by atoms with Crippen LogP contribution >= 0.6 is 0 Å². The van der Waals surface area contributed by atoms with Crippen molar-refractivity contribution in [1.82, 2.24) is 10.3 Å². The van der Waals surface area contributed by atoms with E-state index in [1.54, 1.807) is 7.05 Å². The SMILES string of the molecule is CC.CC.CC.CNC(C)=O.c1ccc2[nH]ccc2c1. The smallest absolute Gasteiger partial charge is 0.216 e.